The molecule has 1 aromatic rings. The summed E-state index contributed by atoms with van der Waals surface area (Å²) in [4.78, 5) is 54.3. The number of phenols is 1. The molecule has 0 radical (unpaired) electrons. The second kappa shape index (κ2) is 21.2. The second-order valence-corrected chi connectivity index (χ2v) is 10.8. The molecule has 4 atom stereocenters. The van der Waals surface area contributed by atoms with Crippen molar-refractivity contribution in [2.75, 3.05) is 26.3 Å². The van der Waals surface area contributed by atoms with Crippen molar-refractivity contribution in [1.82, 2.24) is 26.2 Å². The van der Waals surface area contributed by atoms with Crippen LogP contribution in [0.3, 0.4) is 0 Å². The van der Waals surface area contributed by atoms with Crippen molar-refractivity contribution < 1.29 is 29.0 Å². The number of carbonyl (C=O) groups is 4. The molecular formula is C33H59N5O6. The molecule has 44 heavy (non-hydrogen) atoms. The molecule has 0 unspecified atom stereocenters. The van der Waals surface area contributed by atoms with Crippen LogP contribution in [-0.4, -0.2) is 84.1 Å². The van der Waals surface area contributed by atoms with Crippen LogP contribution in [0.15, 0.2) is 36.5 Å². The molecule has 0 bridgehead atoms. The van der Waals surface area contributed by atoms with Gasteiger partial charge in [0.15, 0.2) is 0 Å². The predicted molar refractivity (Wildman–Crippen MR) is 177 cm³/mol. The second-order valence-electron chi connectivity index (χ2n) is 10.8. The van der Waals surface area contributed by atoms with Gasteiger partial charge in [-0.3, -0.25) is 19.2 Å². The molecule has 0 aliphatic carbocycles. The average Bonchev–Trinajstić information content (AvgIpc) is 3.42. The Kier molecular flexibility index (Phi) is 20.5. The Bertz CT molecular complexity index is 1040. The molecule has 2 aliphatic rings. The van der Waals surface area contributed by atoms with Gasteiger partial charge in [0.05, 0.1) is 6.54 Å². The summed E-state index contributed by atoms with van der Waals surface area (Å²) in [6, 6.07) is 3.26. The Morgan fingerprint density at radius 2 is 1.48 bits per heavy atom. The molecule has 1 aromatic carbocycles. The molecule has 252 valence electrons. The minimum absolute atomic E-state index is 0. The quantitative estimate of drug-likeness (QED) is 0.326. The first kappa shape index (κ1) is 42.5. The van der Waals surface area contributed by atoms with Crippen LogP contribution in [-0.2, 0) is 30.3 Å². The normalized spacial score (nSPS) is 22.5. The Balaban J connectivity index is 0. The molecule has 2 heterocycles. The number of nitrogens with zero attached hydrogens (tertiary/aromatic N) is 1. The van der Waals surface area contributed by atoms with Crippen LogP contribution in [0.25, 0.3) is 0 Å². The molecule has 4 amide bonds. The summed E-state index contributed by atoms with van der Waals surface area (Å²) in [7, 11) is 0. The summed E-state index contributed by atoms with van der Waals surface area (Å²) in [5, 5.41) is 20.8. The van der Waals surface area contributed by atoms with Crippen LogP contribution in [0.5, 0.6) is 5.75 Å². The lowest BCUT2D eigenvalue weighted by molar-refractivity contribution is -0.134. The third-order valence-electron chi connectivity index (χ3n) is 6.94. The van der Waals surface area contributed by atoms with Gasteiger partial charge in [0.25, 0.3) is 0 Å². The van der Waals surface area contributed by atoms with Crippen LogP contribution < -0.4 is 21.3 Å². The lowest BCUT2D eigenvalue weighted by atomic mass is 10.0. The maximum Gasteiger partial charge on any atom is 0.243 e. The van der Waals surface area contributed by atoms with E-state index in [0.29, 0.717) is 25.1 Å². The van der Waals surface area contributed by atoms with Gasteiger partial charge in [-0.1, -0.05) is 54.8 Å². The van der Waals surface area contributed by atoms with Gasteiger partial charge in [-0.05, 0) is 63.6 Å². The molecule has 2 saturated heterocycles. The number of ether oxygens (including phenoxy) is 1. The highest BCUT2D eigenvalue weighted by Crippen LogP contribution is 2.22. The first-order valence-electron chi connectivity index (χ1n) is 14.5. The van der Waals surface area contributed by atoms with Gasteiger partial charge >= 0.3 is 0 Å². The van der Waals surface area contributed by atoms with E-state index in [2.05, 4.69) is 27.8 Å². The SMILES string of the molecule is C.C.C.C=C1CNC(=O)[C@H](C)NC(=O)[C@H](CC(C)C)NC(=O)[C@H](Cc2ccc(O)cc2)NC(=O)[C@@H]2CCCN12.CCOCC. The van der Waals surface area contributed by atoms with Gasteiger partial charge in [0, 0.05) is 31.9 Å². The highest BCUT2D eigenvalue weighted by molar-refractivity contribution is 5.95. The fourth-order valence-electron chi connectivity index (χ4n) is 4.77. The van der Waals surface area contributed by atoms with Gasteiger partial charge in [0.1, 0.15) is 29.9 Å². The van der Waals surface area contributed by atoms with Crippen molar-refractivity contribution in [1.29, 1.82) is 0 Å². The third-order valence-corrected chi connectivity index (χ3v) is 6.94. The first-order valence-corrected chi connectivity index (χ1v) is 14.5. The van der Waals surface area contributed by atoms with E-state index >= 15 is 0 Å². The van der Waals surface area contributed by atoms with Crippen molar-refractivity contribution in [3.63, 3.8) is 0 Å². The molecule has 2 aliphatic heterocycles. The lowest BCUT2D eigenvalue weighted by Gasteiger charge is -2.29. The highest BCUT2D eigenvalue weighted by Gasteiger charge is 2.35. The largest absolute Gasteiger partial charge is 0.508 e. The number of hydrogen-bond donors (Lipinski definition) is 5. The minimum atomic E-state index is -0.942. The Morgan fingerprint density at radius 1 is 0.909 bits per heavy atom. The number of rotatable bonds is 6. The number of benzene rings is 1. The molecule has 0 aromatic heterocycles. The van der Waals surface area contributed by atoms with Gasteiger partial charge in [0.2, 0.25) is 23.6 Å². The number of phenolic OH excluding ortho intramolecular Hbond substituents is 1. The first-order chi connectivity index (χ1) is 19.5. The molecule has 11 nitrogen and oxygen atoms in total. The van der Waals surface area contributed by atoms with Crippen molar-refractivity contribution >= 4 is 23.6 Å². The molecular weight excluding hydrogens is 562 g/mol. The average molecular weight is 622 g/mol. The molecule has 11 heteroatoms. The molecule has 2 fully saturated rings. The molecule has 0 saturated carbocycles. The van der Waals surface area contributed by atoms with Crippen molar-refractivity contribution in [2.45, 2.75) is 107 Å². The minimum Gasteiger partial charge on any atom is -0.508 e. The van der Waals surface area contributed by atoms with Gasteiger partial charge < -0.3 is 36.0 Å². The van der Waals surface area contributed by atoms with Crippen molar-refractivity contribution in [2.24, 2.45) is 5.92 Å². The Morgan fingerprint density at radius 3 is 2.02 bits per heavy atom. The highest BCUT2D eigenvalue weighted by atomic mass is 16.5. The molecule has 0 spiro atoms. The zero-order valence-electron chi connectivity index (χ0n) is 25.0. The van der Waals surface area contributed by atoms with Gasteiger partial charge in [-0.15, -0.1) is 0 Å². The topological polar surface area (TPSA) is 149 Å². The smallest absolute Gasteiger partial charge is 0.243 e. The Labute approximate surface area is 265 Å². The monoisotopic (exact) mass is 621 g/mol. The number of nitrogens with one attached hydrogen (secondary N) is 4. The standard InChI is InChI=1S/C26H37N5O5.C4H10O.3CH4/c1-15(2)12-20-24(34)28-17(4)23(33)27-14-16(3)31-11-5-6-22(31)26(36)30-21(25(35)29-20)13-18-7-9-19(32)10-8-18;1-3-5-4-2;;;/h7-10,15,17,20-22,32H,3,5-6,11-14H2,1-2,4H3,(H,27,33)(H,28,34)(H,29,35)(H,30,36);3-4H2,1-2H3;3*1H4/t17-,20-,21-,22-;;;;/m0..../s1. The summed E-state index contributed by atoms with van der Waals surface area (Å²) in [5.74, 6) is -1.46. The Hall–Kier alpha value is -3.60. The van der Waals surface area contributed by atoms with E-state index in [1.54, 1.807) is 19.1 Å². The summed E-state index contributed by atoms with van der Waals surface area (Å²) in [6.07, 6.45) is 1.92. The maximum atomic E-state index is 13.4. The summed E-state index contributed by atoms with van der Waals surface area (Å²) >= 11 is 0. The zero-order chi connectivity index (χ0) is 30.5. The fourth-order valence-corrected chi connectivity index (χ4v) is 4.77. The van der Waals surface area contributed by atoms with E-state index in [9.17, 15) is 24.3 Å². The maximum absolute atomic E-state index is 13.4. The van der Waals surface area contributed by atoms with Crippen molar-refractivity contribution in [3.8, 4) is 5.75 Å². The molecule has 3 rings (SSSR count). The number of amides is 4. The summed E-state index contributed by atoms with van der Waals surface area (Å²) in [5.41, 5.74) is 1.33. The number of fused-ring (bicyclic) bond motifs is 1. The van der Waals surface area contributed by atoms with Gasteiger partial charge in [-0.25, -0.2) is 0 Å². The number of carbonyl (C=O) groups excluding carboxylic acids is 4. The van der Waals surface area contributed by atoms with E-state index < -0.39 is 36.0 Å². The van der Waals surface area contributed by atoms with Gasteiger partial charge in [-0.2, -0.15) is 0 Å². The van der Waals surface area contributed by atoms with E-state index in [1.165, 1.54) is 12.1 Å². The molecule has 5 N–H and O–H groups in total. The fraction of sp³-hybridized carbons (Fsp3) is 0.636. The van der Waals surface area contributed by atoms with Crippen molar-refractivity contribution in [3.05, 3.63) is 42.1 Å². The van der Waals surface area contributed by atoms with E-state index in [1.807, 2.05) is 32.6 Å². The van der Waals surface area contributed by atoms with E-state index in [-0.39, 0.29) is 58.7 Å². The van der Waals surface area contributed by atoms with E-state index in [0.717, 1.165) is 25.2 Å². The number of hydrogen-bond acceptors (Lipinski definition) is 7. The lowest BCUT2D eigenvalue weighted by Crippen LogP contribution is -2.57. The van der Waals surface area contributed by atoms with Crippen LogP contribution in [0.4, 0.5) is 0 Å². The summed E-state index contributed by atoms with van der Waals surface area (Å²) in [6.45, 7) is 15.9. The predicted octanol–water partition coefficient (Wildman–Crippen LogP) is 3.51. The summed E-state index contributed by atoms with van der Waals surface area (Å²) < 4.78 is 4.83. The zero-order valence-corrected chi connectivity index (χ0v) is 25.0. The third kappa shape index (κ3) is 13.4. The van der Waals surface area contributed by atoms with Crippen LogP contribution in [0.2, 0.25) is 0 Å². The van der Waals surface area contributed by atoms with Crippen LogP contribution in [0, 0.1) is 5.92 Å². The van der Waals surface area contributed by atoms with E-state index in [4.69, 9.17) is 4.74 Å². The van der Waals surface area contributed by atoms with Crippen LogP contribution in [0.1, 0.15) is 81.7 Å². The van der Waals surface area contributed by atoms with Crippen LogP contribution >= 0.6 is 0 Å². The number of aromatic hydroxyl groups is 1.